The zero-order chi connectivity index (χ0) is 35.5. The number of hydrogen-bond donors (Lipinski definition) is 0. The first kappa shape index (κ1) is 29.5. The number of rotatable bonds is 5. The minimum Gasteiger partial charge on any atom is -0.333 e. The molecular formula is C45H31IrN3S-2. The fourth-order valence-electron chi connectivity index (χ4n) is 5.95. The molecule has 1 radical (unpaired) electrons. The van der Waals surface area contributed by atoms with Crippen molar-refractivity contribution in [3.8, 4) is 50.6 Å². The van der Waals surface area contributed by atoms with Gasteiger partial charge in [0, 0.05) is 36.1 Å². The third-order valence-electron chi connectivity index (χ3n) is 8.38. The second-order valence-corrected chi connectivity index (χ2v) is 12.4. The van der Waals surface area contributed by atoms with Crippen LogP contribution in [0.1, 0.15) is 9.68 Å². The summed E-state index contributed by atoms with van der Waals surface area (Å²) >= 11 is 1.65. The van der Waals surface area contributed by atoms with Crippen LogP contribution >= 0.6 is 11.3 Å². The summed E-state index contributed by atoms with van der Waals surface area (Å²) in [5, 5.41) is 4.75. The van der Waals surface area contributed by atoms with E-state index in [0.29, 0.717) is 0 Å². The van der Waals surface area contributed by atoms with E-state index in [-0.39, 0.29) is 25.7 Å². The zero-order valence-corrected chi connectivity index (χ0v) is 30.0. The van der Waals surface area contributed by atoms with Crippen molar-refractivity contribution in [2.24, 2.45) is 0 Å². The standard InChI is InChI=1S/C33H21N2S.C12H10N.Ir/c1-3-9-23(10-4-1)25-15-18-27(19-16-25)35-31-14-8-7-13-30(31)34-33(35)29-22-36-32-20-17-26(21-28(29)32)24-11-5-2-6-12-24;1-10-7-8-12(13-9-10)11-5-3-2-4-6-11;/h1-21H;2-5,7-9H,1H3;/q2*-1;/i;1D3;. The van der Waals surface area contributed by atoms with Gasteiger partial charge in [-0.2, -0.15) is 0 Å². The van der Waals surface area contributed by atoms with Gasteiger partial charge >= 0.3 is 0 Å². The number of hydrogen-bond acceptors (Lipinski definition) is 3. The Morgan fingerprint density at radius 3 is 2.04 bits per heavy atom. The zero-order valence-electron chi connectivity index (χ0n) is 29.7. The number of pyridine rings is 1. The first-order chi connectivity index (χ1) is 25.4. The largest absolute Gasteiger partial charge is 0.333 e. The minimum absolute atomic E-state index is 0. The normalized spacial score (nSPS) is 11.9. The Bertz CT molecular complexity index is 2580. The summed E-state index contributed by atoms with van der Waals surface area (Å²) in [5.74, 6) is 0.917. The van der Waals surface area contributed by atoms with Crippen LogP contribution in [0.15, 0.2) is 170 Å². The molecule has 0 bridgehead atoms. The van der Waals surface area contributed by atoms with Gasteiger partial charge in [0.2, 0.25) is 0 Å². The van der Waals surface area contributed by atoms with Gasteiger partial charge in [-0.3, -0.25) is 16.3 Å². The van der Waals surface area contributed by atoms with Gasteiger partial charge in [-0.1, -0.05) is 131 Å². The molecule has 0 N–H and O–H groups in total. The summed E-state index contributed by atoms with van der Waals surface area (Å²) in [6.07, 6.45) is 1.39. The molecule has 0 fully saturated rings. The molecule has 3 heterocycles. The summed E-state index contributed by atoms with van der Waals surface area (Å²) in [4.78, 5) is 9.23. The number of fused-ring (bicyclic) bond motifs is 2. The van der Waals surface area contributed by atoms with E-state index in [1.54, 1.807) is 29.5 Å². The Morgan fingerprint density at radius 2 is 1.34 bits per heavy atom. The number of thiophene rings is 1. The summed E-state index contributed by atoms with van der Waals surface area (Å²) < 4.78 is 25.2. The maximum atomic E-state index is 7.23. The molecule has 0 unspecified atom stereocenters. The third kappa shape index (κ3) is 6.85. The monoisotopic (exact) mass is 841 g/mol. The van der Waals surface area contributed by atoms with Gasteiger partial charge in [-0.25, -0.2) is 0 Å². The van der Waals surface area contributed by atoms with Crippen molar-refractivity contribution in [2.75, 3.05) is 0 Å². The third-order valence-corrected chi connectivity index (χ3v) is 9.27. The van der Waals surface area contributed by atoms with Crippen molar-refractivity contribution >= 4 is 32.5 Å². The Hall–Kier alpha value is -5.45. The Labute approximate surface area is 314 Å². The van der Waals surface area contributed by atoms with Crippen LogP contribution in [-0.4, -0.2) is 14.5 Å². The van der Waals surface area contributed by atoms with Gasteiger partial charge in [-0.15, -0.1) is 41.3 Å². The molecular weight excluding hydrogens is 807 g/mol. The number of benzene rings is 6. The van der Waals surface area contributed by atoms with Crippen LogP contribution in [0.25, 0.3) is 71.7 Å². The summed E-state index contributed by atoms with van der Waals surface area (Å²) in [7, 11) is 0. The van der Waals surface area contributed by atoms with Crippen LogP contribution in [0.3, 0.4) is 0 Å². The van der Waals surface area contributed by atoms with Crippen LogP contribution in [-0.2, 0) is 20.1 Å². The van der Waals surface area contributed by atoms with Gasteiger partial charge in [0.25, 0.3) is 0 Å². The molecule has 0 amide bonds. The van der Waals surface area contributed by atoms with Gasteiger partial charge < -0.3 is 9.55 Å². The minimum atomic E-state index is -2.09. The van der Waals surface area contributed by atoms with Crippen molar-refractivity contribution in [1.82, 2.24) is 14.5 Å². The fraction of sp³-hybridized carbons (Fsp3) is 0.0222. The maximum absolute atomic E-state index is 7.23. The molecule has 3 aromatic heterocycles. The van der Waals surface area contributed by atoms with E-state index in [9.17, 15) is 0 Å². The molecule has 0 aliphatic rings. The molecule has 50 heavy (non-hydrogen) atoms. The van der Waals surface area contributed by atoms with Gasteiger partial charge in [-0.05, 0) is 64.6 Å². The van der Waals surface area contributed by atoms with Gasteiger partial charge in [0.1, 0.15) is 0 Å². The number of para-hydroxylation sites is 2. The molecule has 0 saturated heterocycles. The molecule has 243 valence electrons. The summed E-state index contributed by atoms with van der Waals surface area (Å²) in [5.41, 5.74) is 10.9. The smallest absolute Gasteiger partial charge is 0.0774 e. The van der Waals surface area contributed by atoms with E-state index >= 15 is 0 Å². The first-order valence-corrected chi connectivity index (χ1v) is 16.8. The molecule has 9 aromatic rings. The van der Waals surface area contributed by atoms with E-state index in [1.165, 1.54) is 38.5 Å². The summed E-state index contributed by atoms with van der Waals surface area (Å²) in [6, 6.07) is 58.5. The number of aryl methyl sites for hydroxylation is 1. The second-order valence-electron chi connectivity index (χ2n) is 11.5. The number of nitrogens with zero attached hydrogens (tertiary/aromatic N) is 3. The number of imidazole rings is 1. The topological polar surface area (TPSA) is 30.7 Å². The first-order valence-electron chi connectivity index (χ1n) is 17.5. The average Bonchev–Trinajstić information content (AvgIpc) is 3.80. The van der Waals surface area contributed by atoms with Crippen LogP contribution in [0.2, 0.25) is 0 Å². The fourth-order valence-corrected chi connectivity index (χ4v) is 6.77. The van der Waals surface area contributed by atoms with Crippen molar-refractivity contribution in [2.45, 2.75) is 6.85 Å². The molecule has 5 heteroatoms. The SMILES string of the molecule is [2H]C([2H])([2H])c1ccc(-c2[c-]cccc2)nc1.[Ir].[c-]1sc2ccc(-c3ccccc3)cc2c1-c1nc2ccccc2n1-c1ccc(-c2ccccc2)cc1. The van der Waals surface area contributed by atoms with E-state index in [0.717, 1.165) is 39.4 Å². The van der Waals surface area contributed by atoms with E-state index in [1.807, 2.05) is 30.3 Å². The van der Waals surface area contributed by atoms with Gasteiger partial charge in [0.15, 0.2) is 0 Å². The van der Waals surface area contributed by atoms with Crippen molar-refractivity contribution in [1.29, 1.82) is 0 Å². The molecule has 9 rings (SSSR count). The molecule has 0 aliphatic carbocycles. The van der Waals surface area contributed by atoms with Crippen molar-refractivity contribution in [3.63, 3.8) is 0 Å². The van der Waals surface area contributed by atoms with Crippen LogP contribution < -0.4 is 0 Å². The Kier molecular flexibility index (Phi) is 8.83. The summed E-state index contributed by atoms with van der Waals surface area (Å²) in [6.45, 7) is -2.09. The van der Waals surface area contributed by atoms with Crippen LogP contribution in [0.4, 0.5) is 0 Å². The quantitative estimate of drug-likeness (QED) is 0.162. The maximum Gasteiger partial charge on any atom is 0.0774 e. The van der Waals surface area contributed by atoms with Crippen LogP contribution in [0.5, 0.6) is 0 Å². The second kappa shape index (κ2) is 15.0. The van der Waals surface area contributed by atoms with E-state index in [4.69, 9.17) is 9.10 Å². The number of aromatic nitrogens is 3. The van der Waals surface area contributed by atoms with Crippen molar-refractivity contribution in [3.05, 3.63) is 187 Å². The Balaban J connectivity index is 0.000000216. The van der Waals surface area contributed by atoms with Gasteiger partial charge in [0.05, 0.1) is 16.9 Å². The van der Waals surface area contributed by atoms with Crippen LogP contribution in [0, 0.1) is 18.3 Å². The average molecular weight is 841 g/mol. The predicted molar refractivity (Wildman–Crippen MR) is 205 cm³/mol. The predicted octanol–water partition coefficient (Wildman–Crippen LogP) is 11.9. The molecule has 0 saturated carbocycles. The molecule has 0 atom stereocenters. The molecule has 6 aromatic carbocycles. The molecule has 0 aliphatic heterocycles. The van der Waals surface area contributed by atoms with E-state index in [2.05, 4.69) is 136 Å². The Morgan fingerprint density at radius 1 is 0.660 bits per heavy atom. The van der Waals surface area contributed by atoms with Crippen molar-refractivity contribution < 1.29 is 24.2 Å². The molecule has 0 spiro atoms. The molecule has 3 nitrogen and oxygen atoms in total. The van der Waals surface area contributed by atoms with E-state index < -0.39 is 6.85 Å².